The maximum Gasteiger partial charge on any atom is 0.337 e. The maximum atomic E-state index is 12.1. The zero-order valence-electron chi connectivity index (χ0n) is 10.3. The van der Waals surface area contributed by atoms with Crippen molar-refractivity contribution < 1.29 is 14.3 Å². The van der Waals surface area contributed by atoms with Crippen LogP contribution in [0.25, 0.3) is 0 Å². The maximum absolute atomic E-state index is 12.1. The molecule has 1 aromatic carbocycles. The highest BCUT2D eigenvalue weighted by molar-refractivity contribution is 9.10. The summed E-state index contributed by atoms with van der Waals surface area (Å²) in [5.74, 6) is -0.787. The average Bonchev–Trinajstić information content (AvgIpc) is 2.86. The molecule has 0 bridgehead atoms. The lowest BCUT2D eigenvalue weighted by molar-refractivity contribution is 0.0600. The summed E-state index contributed by atoms with van der Waals surface area (Å²) in [6.45, 7) is 0. The predicted molar refractivity (Wildman–Crippen MR) is 82.8 cm³/mol. The van der Waals surface area contributed by atoms with Crippen molar-refractivity contribution >= 4 is 56.4 Å². The molecule has 0 fully saturated rings. The van der Waals surface area contributed by atoms with Crippen molar-refractivity contribution in [1.82, 2.24) is 0 Å². The van der Waals surface area contributed by atoms with Gasteiger partial charge in [0.1, 0.15) is 4.88 Å². The molecule has 2 rings (SSSR count). The molecule has 0 saturated heterocycles. The lowest BCUT2D eigenvalue weighted by Gasteiger charge is -2.08. The molecule has 1 amide bonds. The Kier molecular flexibility index (Phi) is 4.80. The number of hydrogen-bond acceptors (Lipinski definition) is 4. The molecule has 7 heteroatoms. The average molecular weight is 375 g/mol. The Morgan fingerprint density at radius 3 is 2.70 bits per heavy atom. The van der Waals surface area contributed by atoms with Crippen molar-refractivity contribution in [3.63, 3.8) is 0 Å². The number of benzene rings is 1. The van der Waals surface area contributed by atoms with Crippen LogP contribution in [0.2, 0.25) is 5.02 Å². The number of nitrogens with one attached hydrogen (secondary N) is 1. The highest BCUT2D eigenvalue weighted by Gasteiger charge is 2.15. The molecular formula is C13H9BrClNO3S. The summed E-state index contributed by atoms with van der Waals surface area (Å²) >= 11 is 10.6. The minimum Gasteiger partial charge on any atom is -0.465 e. The van der Waals surface area contributed by atoms with Crippen LogP contribution in [0.3, 0.4) is 0 Å². The third-order valence-electron chi connectivity index (χ3n) is 2.46. The Morgan fingerprint density at radius 1 is 1.35 bits per heavy atom. The second kappa shape index (κ2) is 6.39. The van der Waals surface area contributed by atoms with Crippen molar-refractivity contribution in [3.8, 4) is 0 Å². The van der Waals surface area contributed by atoms with Gasteiger partial charge in [-0.3, -0.25) is 4.79 Å². The van der Waals surface area contributed by atoms with Gasteiger partial charge in [-0.1, -0.05) is 11.6 Å². The fraction of sp³-hybridized carbons (Fsp3) is 0.0769. The van der Waals surface area contributed by atoms with E-state index in [4.69, 9.17) is 11.6 Å². The molecule has 0 aliphatic carbocycles. The van der Waals surface area contributed by atoms with Gasteiger partial charge in [0.05, 0.1) is 23.4 Å². The van der Waals surface area contributed by atoms with Gasteiger partial charge in [-0.15, -0.1) is 11.3 Å². The normalized spacial score (nSPS) is 10.2. The van der Waals surface area contributed by atoms with Crippen LogP contribution in [0.15, 0.2) is 34.1 Å². The quantitative estimate of drug-likeness (QED) is 0.819. The molecule has 0 atom stereocenters. The van der Waals surface area contributed by atoms with Crippen LogP contribution in [-0.2, 0) is 4.74 Å². The van der Waals surface area contributed by atoms with E-state index in [1.54, 1.807) is 11.4 Å². The zero-order chi connectivity index (χ0) is 14.7. The molecule has 1 N–H and O–H groups in total. The number of carbonyl (C=O) groups is 2. The molecule has 0 aliphatic rings. The monoisotopic (exact) mass is 373 g/mol. The first-order chi connectivity index (χ1) is 9.52. The predicted octanol–water partition coefficient (Wildman–Crippen LogP) is 4.20. The molecule has 0 spiro atoms. The van der Waals surface area contributed by atoms with Gasteiger partial charge in [0.25, 0.3) is 5.91 Å². The van der Waals surface area contributed by atoms with Crippen molar-refractivity contribution in [2.45, 2.75) is 0 Å². The molecule has 0 unspecified atom stereocenters. The number of rotatable bonds is 3. The first-order valence-corrected chi connectivity index (χ1v) is 7.50. The van der Waals surface area contributed by atoms with Crippen molar-refractivity contribution in [2.24, 2.45) is 0 Å². The number of amides is 1. The molecule has 0 aliphatic heterocycles. The van der Waals surface area contributed by atoms with E-state index in [2.05, 4.69) is 26.0 Å². The smallest absolute Gasteiger partial charge is 0.337 e. The molecule has 104 valence electrons. The van der Waals surface area contributed by atoms with E-state index in [9.17, 15) is 9.59 Å². The number of methoxy groups -OCH3 is 1. The zero-order valence-corrected chi connectivity index (χ0v) is 13.4. The second-order valence-corrected chi connectivity index (χ2v) is 5.92. The van der Waals surface area contributed by atoms with Gasteiger partial charge in [0.15, 0.2) is 0 Å². The number of carbonyl (C=O) groups excluding carboxylic acids is 2. The van der Waals surface area contributed by atoms with Gasteiger partial charge in [-0.05, 0) is 45.6 Å². The summed E-state index contributed by atoms with van der Waals surface area (Å²) in [5.41, 5.74) is 0.678. The first kappa shape index (κ1) is 15.0. The Bertz CT molecular complexity index is 671. The van der Waals surface area contributed by atoms with Crippen LogP contribution >= 0.6 is 38.9 Å². The van der Waals surface area contributed by atoms with Crippen molar-refractivity contribution in [3.05, 3.63) is 49.6 Å². The summed E-state index contributed by atoms with van der Waals surface area (Å²) < 4.78 is 5.34. The number of thiophene rings is 1. The van der Waals surface area contributed by atoms with Crippen molar-refractivity contribution in [2.75, 3.05) is 12.4 Å². The fourth-order valence-corrected chi connectivity index (χ4v) is 3.11. The summed E-state index contributed by atoms with van der Waals surface area (Å²) in [5, 5.41) is 4.82. The number of ether oxygens (including phenoxy) is 1. The second-order valence-electron chi connectivity index (χ2n) is 3.74. The van der Waals surface area contributed by atoms with Gasteiger partial charge in [0, 0.05) is 4.47 Å². The number of esters is 1. The van der Waals surface area contributed by atoms with Crippen LogP contribution in [0.4, 0.5) is 5.69 Å². The summed E-state index contributed by atoms with van der Waals surface area (Å²) in [6, 6.07) is 6.33. The Hall–Kier alpha value is -1.37. The third kappa shape index (κ3) is 3.20. The van der Waals surface area contributed by atoms with E-state index in [-0.39, 0.29) is 5.91 Å². The number of anilines is 1. The highest BCUT2D eigenvalue weighted by atomic mass is 79.9. The summed E-state index contributed by atoms with van der Waals surface area (Å²) in [7, 11) is 1.29. The molecule has 0 radical (unpaired) electrons. The summed E-state index contributed by atoms with van der Waals surface area (Å²) in [6.07, 6.45) is 0. The minimum absolute atomic E-state index is 0.296. The van der Waals surface area contributed by atoms with Gasteiger partial charge in [-0.2, -0.15) is 0 Å². The van der Waals surface area contributed by atoms with Crippen molar-refractivity contribution in [1.29, 1.82) is 0 Å². The van der Waals surface area contributed by atoms with E-state index >= 15 is 0 Å². The molecule has 0 saturated carbocycles. The lowest BCUT2D eigenvalue weighted by Crippen LogP contribution is -2.12. The first-order valence-electron chi connectivity index (χ1n) is 5.45. The number of hydrogen-bond donors (Lipinski definition) is 1. The third-order valence-corrected chi connectivity index (χ3v) is 4.63. The largest absolute Gasteiger partial charge is 0.465 e. The lowest BCUT2D eigenvalue weighted by atomic mass is 10.2. The SMILES string of the molecule is COC(=O)c1ccc(Cl)c(NC(=O)c2sccc2Br)c1. The van der Waals surface area contributed by atoms with Gasteiger partial charge in [-0.25, -0.2) is 4.79 Å². The molecule has 20 heavy (non-hydrogen) atoms. The van der Waals surface area contributed by atoms with Gasteiger partial charge in [0.2, 0.25) is 0 Å². The van der Waals surface area contributed by atoms with Crippen LogP contribution in [0.5, 0.6) is 0 Å². The van der Waals surface area contributed by atoms with Crippen LogP contribution in [0, 0.1) is 0 Å². The summed E-state index contributed by atoms with van der Waals surface area (Å²) in [4.78, 5) is 24.1. The van der Waals surface area contributed by atoms with Gasteiger partial charge < -0.3 is 10.1 Å². The van der Waals surface area contributed by atoms with Crippen LogP contribution in [-0.4, -0.2) is 19.0 Å². The molecule has 1 heterocycles. The van der Waals surface area contributed by atoms with Crippen LogP contribution < -0.4 is 5.32 Å². The minimum atomic E-state index is -0.491. The molecule has 4 nitrogen and oxygen atoms in total. The molecule has 2 aromatic rings. The topological polar surface area (TPSA) is 55.4 Å². The van der Waals surface area contributed by atoms with E-state index in [0.717, 1.165) is 0 Å². The standard InChI is InChI=1S/C13H9BrClNO3S/c1-19-13(18)7-2-3-9(15)10(6-7)16-12(17)11-8(14)4-5-20-11/h2-6H,1H3,(H,16,17). The fourth-order valence-electron chi connectivity index (χ4n) is 1.50. The van der Waals surface area contributed by atoms with E-state index in [1.165, 1.54) is 36.6 Å². The van der Waals surface area contributed by atoms with E-state index in [1.807, 2.05) is 0 Å². The Balaban J connectivity index is 2.27. The van der Waals surface area contributed by atoms with Gasteiger partial charge >= 0.3 is 5.97 Å². The Labute approximate surface area is 132 Å². The highest BCUT2D eigenvalue weighted by Crippen LogP contribution is 2.27. The molecular weight excluding hydrogens is 366 g/mol. The Morgan fingerprint density at radius 2 is 2.10 bits per heavy atom. The van der Waals surface area contributed by atoms with Crippen LogP contribution in [0.1, 0.15) is 20.0 Å². The van der Waals surface area contributed by atoms with E-state index < -0.39 is 5.97 Å². The van der Waals surface area contributed by atoms with E-state index in [0.29, 0.717) is 25.6 Å². The molecule has 1 aromatic heterocycles. The number of halogens is 2.